The molecule has 0 spiro atoms. The molecule has 0 saturated carbocycles. The van der Waals surface area contributed by atoms with Gasteiger partial charge < -0.3 is 14.4 Å². The van der Waals surface area contributed by atoms with Crippen molar-refractivity contribution in [3.05, 3.63) is 64.6 Å². The summed E-state index contributed by atoms with van der Waals surface area (Å²) < 4.78 is 5.41. The van der Waals surface area contributed by atoms with Crippen LogP contribution < -0.4 is 0 Å². The van der Waals surface area contributed by atoms with Crippen molar-refractivity contribution >= 4 is 29.1 Å². The van der Waals surface area contributed by atoms with E-state index in [0.717, 1.165) is 0 Å². The van der Waals surface area contributed by atoms with E-state index in [9.17, 15) is 14.7 Å². The molecule has 1 atom stereocenters. The smallest absolute Gasteiger partial charge is 0.295 e. The van der Waals surface area contributed by atoms with Crippen LogP contribution in [0.5, 0.6) is 0 Å². The summed E-state index contributed by atoms with van der Waals surface area (Å²) in [6.45, 7) is 2.31. The molecule has 6 heteroatoms. The molecule has 1 unspecified atom stereocenters. The van der Waals surface area contributed by atoms with Crippen LogP contribution in [0.4, 0.5) is 0 Å². The second-order valence-electron chi connectivity index (χ2n) is 5.51. The highest BCUT2D eigenvalue weighted by Gasteiger charge is 2.46. The van der Waals surface area contributed by atoms with Gasteiger partial charge in [-0.05, 0) is 42.8 Å². The molecule has 3 rings (SSSR count). The van der Waals surface area contributed by atoms with Gasteiger partial charge in [0.2, 0.25) is 0 Å². The number of furan rings is 1. The number of nitrogens with zero attached hydrogens (tertiary/aromatic N) is 1. The van der Waals surface area contributed by atoms with E-state index in [1.54, 1.807) is 36.4 Å². The molecule has 1 aliphatic heterocycles. The average molecular weight is 346 g/mol. The quantitative estimate of drug-likeness (QED) is 0.520. The van der Waals surface area contributed by atoms with Crippen molar-refractivity contribution in [1.82, 2.24) is 4.90 Å². The lowest BCUT2D eigenvalue weighted by Crippen LogP contribution is -2.30. The fourth-order valence-electron chi connectivity index (χ4n) is 2.86. The summed E-state index contributed by atoms with van der Waals surface area (Å²) in [6.07, 6.45) is 2.16. The standard InChI is InChI=1S/C18H16ClNO4/c1-2-9-20-15(13-4-3-10-24-13)14(17(22)18(20)23)16(21)11-5-7-12(19)8-6-11/h3-8,10,15,21H,2,9H2,1H3/b16-14-. The Balaban J connectivity index is 2.15. The highest BCUT2D eigenvalue weighted by atomic mass is 35.5. The van der Waals surface area contributed by atoms with Crippen molar-refractivity contribution in [3.63, 3.8) is 0 Å². The van der Waals surface area contributed by atoms with Gasteiger partial charge in [0, 0.05) is 17.1 Å². The fraction of sp³-hybridized carbons (Fsp3) is 0.222. The molecule has 1 fully saturated rings. The number of rotatable bonds is 4. The molecule has 124 valence electrons. The van der Waals surface area contributed by atoms with Crippen molar-refractivity contribution in [2.45, 2.75) is 19.4 Å². The molecule has 24 heavy (non-hydrogen) atoms. The predicted octanol–water partition coefficient (Wildman–Crippen LogP) is 3.76. The van der Waals surface area contributed by atoms with Gasteiger partial charge in [0.15, 0.2) is 0 Å². The molecule has 1 saturated heterocycles. The summed E-state index contributed by atoms with van der Waals surface area (Å²) in [4.78, 5) is 26.3. The number of aliphatic hydroxyl groups excluding tert-OH is 1. The summed E-state index contributed by atoms with van der Waals surface area (Å²) in [6, 6.07) is 9.07. The van der Waals surface area contributed by atoms with Crippen molar-refractivity contribution in [1.29, 1.82) is 0 Å². The lowest BCUT2D eigenvalue weighted by atomic mass is 9.99. The minimum absolute atomic E-state index is 0.0331. The van der Waals surface area contributed by atoms with E-state index in [-0.39, 0.29) is 11.3 Å². The first-order chi connectivity index (χ1) is 11.5. The van der Waals surface area contributed by atoms with Gasteiger partial charge in [-0.1, -0.05) is 18.5 Å². The van der Waals surface area contributed by atoms with Crippen LogP contribution in [0.3, 0.4) is 0 Å². The van der Waals surface area contributed by atoms with Crippen LogP contribution in [-0.2, 0) is 9.59 Å². The van der Waals surface area contributed by atoms with E-state index in [1.165, 1.54) is 11.2 Å². The largest absolute Gasteiger partial charge is 0.507 e. The number of ketones is 1. The van der Waals surface area contributed by atoms with Gasteiger partial charge in [0.25, 0.3) is 11.7 Å². The summed E-state index contributed by atoms with van der Waals surface area (Å²) >= 11 is 5.86. The number of hydrogen-bond acceptors (Lipinski definition) is 4. The third kappa shape index (κ3) is 2.71. The third-order valence-corrected chi connectivity index (χ3v) is 4.19. The number of Topliss-reactive ketones (excluding diaryl/α,β-unsaturated/α-hetero) is 1. The maximum absolute atomic E-state index is 12.5. The summed E-state index contributed by atoms with van der Waals surface area (Å²) in [7, 11) is 0. The molecule has 2 heterocycles. The van der Waals surface area contributed by atoms with Crippen molar-refractivity contribution in [2.75, 3.05) is 6.54 Å². The number of benzene rings is 1. The van der Waals surface area contributed by atoms with Crippen molar-refractivity contribution in [2.24, 2.45) is 0 Å². The van der Waals surface area contributed by atoms with Crippen LogP contribution in [0, 0.1) is 0 Å². The van der Waals surface area contributed by atoms with Gasteiger partial charge in [0.05, 0.1) is 11.8 Å². The van der Waals surface area contributed by atoms with E-state index in [0.29, 0.717) is 29.3 Å². The highest BCUT2D eigenvalue weighted by molar-refractivity contribution is 6.46. The van der Waals surface area contributed by atoms with Gasteiger partial charge in [-0.3, -0.25) is 9.59 Å². The van der Waals surface area contributed by atoms with Crippen molar-refractivity contribution in [3.8, 4) is 0 Å². The molecular formula is C18H16ClNO4. The van der Waals surface area contributed by atoms with Crippen LogP contribution in [0.1, 0.15) is 30.7 Å². The van der Waals surface area contributed by atoms with Crippen LogP contribution in [0.25, 0.3) is 5.76 Å². The highest BCUT2D eigenvalue weighted by Crippen LogP contribution is 2.39. The zero-order valence-corrected chi connectivity index (χ0v) is 13.8. The molecule has 0 radical (unpaired) electrons. The Bertz CT molecular complexity index is 793. The molecule has 0 aliphatic carbocycles. The molecule has 5 nitrogen and oxygen atoms in total. The number of aliphatic hydroxyl groups is 1. The molecule has 1 aromatic heterocycles. The second kappa shape index (κ2) is 6.53. The molecule has 2 aromatic rings. The molecule has 0 bridgehead atoms. The fourth-order valence-corrected chi connectivity index (χ4v) is 2.98. The monoisotopic (exact) mass is 345 g/mol. The minimum Gasteiger partial charge on any atom is -0.507 e. The molecule has 1 amide bonds. The van der Waals surface area contributed by atoms with Crippen LogP contribution >= 0.6 is 11.6 Å². The summed E-state index contributed by atoms with van der Waals surface area (Å²) in [5.74, 6) is -1.13. The van der Waals surface area contributed by atoms with Gasteiger partial charge in [-0.25, -0.2) is 0 Å². The Kier molecular flexibility index (Phi) is 4.44. The first-order valence-electron chi connectivity index (χ1n) is 7.62. The summed E-state index contributed by atoms with van der Waals surface area (Å²) in [5, 5.41) is 11.2. The Hall–Kier alpha value is -2.53. The van der Waals surface area contributed by atoms with E-state index in [1.807, 2.05) is 6.92 Å². The topological polar surface area (TPSA) is 70.8 Å². The van der Waals surface area contributed by atoms with Gasteiger partial charge in [0.1, 0.15) is 17.6 Å². The van der Waals surface area contributed by atoms with E-state index in [2.05, 4.69) is 0 Å². The molecule has 1 aromatic carbocycles. The minimum atomic E-state index is -0.726. The number of hydrogen-bond donors (Lipinski definition) is 1. The van der Waals surface area contributed by atoms with Crippen molar-refractivity contribution < 1.29 is 19.1 Å². The molecule has 1 aliphatic rings. The Morgan fingerprint density at radius 2 is 1.96 bits per heavy atom. The van der Waals surface area contributed by atoms with Crippen LogP contribution in [0.2, 0.25) is 5.02 Å². The number of carbonyl (C=O) groups is 2. The van der Waals surface area contributed by atoms with E-state index < -0.39 is 17.7 Å². The normalized spacial score (nSPS) is 19.9. The first kappa shape index (κ1) is 16.3. The van der Waals surface area contributed by atoms with Gasteiger partial charge in [-0.2, -0.15) is 0 Å². The lowest BCUT2D eigenvalue weighted by Gasteiger charge is -2.22. The third-order valence-electron chi connectivity index (χ3n) is 3.93. The Morgan fingerprint density at radius 3 is 2.54 bits per heavy atom. The van der Waals surface area contributed by atoms with E-state index >= 15 is 0 Å². The maximum Gasteiger partial charge on any atom is 0.295 e. The molecule has 1 N–H and O–H groups in total. The van der Waals surface area contributed by atoms with Crippen LogP contribution in [0.15, 0.2) is 52.7 Å². The number of likely N-dealkylation sites (tertiary alicyclic amines) is 1. The maximum atomic E-state index is 12.5. The number of halogens is 1. The summed E-state index contributed by atoms with van der Waals surface area (Å²) in [5.41, 5.74) is 0.455. The lowest BCUT2D eigenvalue weighted by molar-refractivity contribution is -0.140. The molecular weight excluding hydrogens is 330 g/mol. The van der Waals surface area contributed by atoms with E-state index in [4.69, 9.17) is 16.0 Å². The number of carbonyl (C=O) groups excluding carboxylic acids is 2. The second-order valence-corrected chi connectivity index (χ2v) is 5.95. The zero-order valence-electron chi connectivity index (χ0n) is 13.0. The average Bonchev–Trinajstić information content (AvgIpc) is 3.18. The predicted molar refractivity (Wildman–Crippen MR) is 89.5 cm³/mol. The SMILES string of the molecule is CCCN1C(=O)C(=O)/C(=C(\O)c2ccc(Cl)cc2)C1c1ccco1. The van der Waals surface area contributed by atoms with Crippen LogP contribution in [-0.4, -0.2) is 28.2 Å². The van der Waals surface area contributed by atoms with Gasteiger partial charge >= 0.3 is 0 Å². The number of amides is 1. The Morgan fingerprint density at radius 1 is 1.25 bits per heavy atom. The van der Waals surface area contributed by atoms with Gasteiger partial charge in [-0.15, -0.1) is 0 Å². The first-order valence-corrected chi connectivity index (χ1v) is 8.00. The Labute approximate surface area is 144 Å². The zero-order chi connectivity index (χ0) is 17.3.